The van der Waals surface area contributed by atoms with Crippen LogP contribution < -0.4 is 10.6 Å². The molecule has 0 amide bonds. The van der Waals surface area contributed by atoms with Crippen LogP contribution in [0.25, 0.3) is 10.4 Å². The molecular formula is C16H22ClN5O2S2. The van der Waals surface area contributed by atoms with Crippen molar-refractivity contribution in [1.29, 1.82) is 0 Å². The zero-order valence-electron chi connectivity index (χ0n) is 14.9. The Balaban J connectivity index is 1.75. The van der Waals surface area contributed by atoms with E-state index in [1.807, 2.05) is 20.0 Å². The Morgan fingerprint density at radius 2 is 2.04 bits per heavy atom. The fraction of sp³-hybridized carbons (Fsp3) is 0.500. The summed E-state index contributed by atoms with van der Waals surface area (Å²) >= 11 is 7.91. The van der Waals surface area contributed by atoms with Crippen LogP contribution in [0.2, 0.25) is 5.02 Å². The van der Waals surface area contributed by atoms with Gasteiger partial charge in [0.2, 0.25) is 10.0 Å². The first-order chi connectivity index (χ1) is 12.3. The van der Waals surface area contributed by atoms with Gasteiger partial charge in [0.1, 0.15) is 5.82 Å². The highest BCUT2D eigenvalue weighted by atomic mass is 35.5. The van der Waals surface area contributed by atoms with E-state index in [1.54, 1.807) is 17.5 Å². The summed E-state index contributed by atoms with van der Waals surface area (Å²) in [5, 5.41) is 7.88. The average Bonchev–Trinajstić information content (AvgIpc) is 2.97. The van der Waals surface area contributed by atoms with E-state index in [-0.39, 0.29) is 6.04 Å². The minimum atomic E-state index is -3.11. The second kappa shape index (κ2) is 7.67. The van der Waals surface area contributed by atoms with E-state index in [1.165, 1.54) is 10.6 Å². The highest BCUT2D eigenvalue weighted by Gasteiger charge is 2.25. The predicted octanol–water partition coefficient (Wildman–Crippen LogP) is 3.04. The molecule has 0 saturated carbocycles. The van der Waals surface area contributed by atoms with E-state index < -0.39 is 10.0 Å². The van der Waals surface area contributed by atoms with Gasteiger partial charge < -0.3 is 10.6 Å². The maximum Gasteiger partial charge on any atom is 0.211 e. The summed E-state index contributed by atoms with van der Waals surface area (Å²) in [7, 11) is -1.28. The fourth-order valence-electron chi connectivity index (χ4n) is 2.99. The lowest BCUT2D eigenvalue weighted by Crippen LogP contribution is -2.41. The quantitative estimate of drug-likeness (QED) is 0.780. The maximum absolute atomic E-state index is 11.6. The summed E-state index contributed by atoms with van der Waals surface area (Å²) in [5.41, 5.74) is 1.81. The molecule has 1 aliphatic heterocycles. The second-order valence-corrected chi connectivity index (χ2v) is 9.70. The Labute approximate surface area is 162 Å². The molecule has 0 unspecified atom stereocenters. The van der Waals surface area contributed by atoms with E-state index in [9.17, 15) is 8.42 Å². The first-order valence-corrected chi connectivity index (χ1v) is 11.3. The largest absolute Gasteiger partial charge is 0.367 e. The first-order valence-electron chi connectivity index (χ1n) is 8.30. The molecule has 10 heteroatoms. The Morgan fingerprint density at radius 3 is 2.62 bits per heavy atom. The van der Waals surface area contributed by atoms with Crippen LogP contribution in [0.15, 0.2) is 12.3 Å². The molecule has 3 rings (SSSR count). The standard InChI is InChI=1S/C16H22ClN5O2S2/c1-10-15(25-16(18-2)20-10)12-8-14(19-9-13(12)17)21-11-4-6-22(7-5-11)26(3,23)24/h8-9,11H,4-7H2,1-3H3,(H,18,20)(H,19,21). The SMILES string of the molecule is CNc1nc(C)c(-c2cc(NC3CCN(S(C)(=O)=O)CC3)ncc2Cl)s1. The molecule has 26 heavy (non-hydrogen) atoms. The number of rotatable bonds is 5. The number of aromatic nitrogens is 2. The summed E-state index contributed by atoms with van der Waals surface area (Å²) in [6, 6.07) is 2.12. The van der Waals surface area contributed by atoms with Crippen molar-refractivity contribution in [2.24, 2.45) is 0 Å². The number of sulfonamides is 1. The number of hydrogen-bond donors (Lipinski definition) is 2. The van der Waals surface area contributed by atoms with Gasteiger partial charge in [-0.1, -0.05) is 22.9 Å². The van der Waals surface area contributed by atoms with Gasteiger partial charge in [0.05, 0.1) is 21.8 Å². The van der Waals surface area contributed by atoms with Crippen LogP contribution in [-0.2, 0) is 10.0 Å². The van der Waals surface area contributed by atoms with E-state index in [2.05, 4.69) is 20.6 Å². The van der Waals surface area contributed by atoms with Crippen molar-refractivity contribution < 1.29 is 8.42 Å². The van der Waals surface area contributed by atoms with Gasteiger partial charge in [0.15, 0.2) is 5.13 Å². The molecule has 0 radical (unpaired) electrons. The molecule has 2 aromatic rings. The van der Waals surface area contributed by atoms with Gasteiger partial charge in [-0.25, -0.2) is 22.7 Å². The van der Waals surface area contributed by atoms with Crippen molar-refractivity contribution in [3.8, 4) is 10.4 Å². The summed E-state index contributed by atoms with van der Waals surface area (Å²) in [5.74, 6) is 0.737. The topological polar surface area (TPSA) is 87.2 Å². The molecule has 1 aliphatic rings. The number of thiazole rings is 1. The van der Waals surface area contributed by atoms with E-state index in [4.69, 9.17) is 11.6 Å². The van der Waals surface area contributed by atoms with Crippen molar-refractivity contribution in [3.63, 3.8) is 0 Å². The Kier molecular flexibility index (Phi) is 5.71. The van der Waals surface area contributed by atoms with Gasteiger partial charge in [-0.3, -0.25) is 0 Å². The molecule has 142 valence electrons. The molecule has 1 fully saturated rings. The zero-order valence-corrected chi connectivity index (χ0v) is 17.3. The molecule has 2 N–H and O–H groups in total. The summed E-state index contributed by atoms with van der Waals surface area (Å²) < 4.78 is 24.8. The van der Waals surface area contributed by atoms with E-state index >= 15 is 0 Å². The van der Waals surface area contributed by atoms with Crippen LogP contribution in [0.1, 0.15) is 18.5 Å². The lowest BCUT2D eigenvalue weighted by atomic mass is 10.1. The molecule has 0 spiro atoms. The van der Waals surface area contributed by atoms with Crippen molar-refractivity contribution in [1.82, 2.24) is 14.3 Å². The highest BCUT2D eigenvalue weighted by molar-refractivity contribution is 7.88. The predicted molar refractivity (Wildman–Crippen MR) is 108 cm³/mol. The third kappa shape index (κ3) is 4.28. The number of piperidine rings is 1. The normalized spacial score (nSPS) is 16.6. The van der Waals surface area contributed by atoms with E-state index in [0.717, 1.165) is 39.9 Å². The number of nitrogens with zero attached hydrogens (tertiary/aromatic N) is 3. The molecule has 3 heterocycles. The number of anilines is 2. The van der Waals surface area contributed by atoms with Crippen molar-refractivity contribution >= 4 is 43.9 Å². The van der Waals surface area contributed by atoms with Crippen molar-refractivity contribution in [2.75, 3.05) is 37.0 Å². The molecule has 2 aromatic heterocycles. The van der Waals surface area contributed by atoms with Crippen LogP contribution in [-0.4, -0.2) is 55.1 Å². The minimum Gasteiger partial charge on any atom is -0.367 e. The fourth-order valence-corrected chi connectivity index (χ4v) is 5.06. The van der Waals surface area contributed by atoms with Crippen LogP contribution >= 0.6 is 22.9 Å². The zero-order chi connectivity index (χ0) is 18.9. The minimum absolute atomic E-state index is 0.185. The van der Waals surface area contributed by atoms with Crippen LogP contribution in [0.4, 0.5) is 10.9 Å². The number of nitrogens with one attached hydrogen (secondary N) is 2. The Morgan fingerprint density at radius 1 is 1.35 bits per heavy atom. The Hall–Kier alpha value is -1.42. The molecule has 7 nitrogen and oxygen atoms in total. The Bertz CT molecular complexity index is 892. The van der Waals surface area contributed by atoms with Crippen molar-refractivity contribution in [3.05, 3.63) is 23.0 Å². The maximum atomic E-state index is 11.6. The van der Waals surface area contributed by atoms with Gasteiger partial charge in [0.25, 0.3) is 0 Å². The van der Waals surface area contributed by atoms with Gasteiger partial charge >= 0.3 is 0 Å². The van der Waals surface area contributed by atoms with Crippen LogP contribution in [0.3, 0.4) is 0 Å². The number of pyridine rings is 1. The van der Waals surface area contributed by atoms with Gasteiger partial charge in [-0.05, 0) is 25.8 Å². The summed E-state index contributed by atoms with van der Waals surface area (Å²) in [6.45, 7) is 3.00. The number of hydrogen-bond acceptors (Lipinski definition) is 7. The molecule has 0 aromatic carbocycles. The van der Waals surface area contributed by atoms with Crippen LogP contribution in [0.5, 0.6) is 0 Å². The lowest BCUT2D eigenvalue weighted by molar-refractivity contribution is 0.331. The van der Waals surface area contributed by atoms with Crippen molar-refractivity contribution in [2.45, 2.75) is 25.8 Å². The average molecular weight is 416 g/mol. The smallest absolute Gasteiger partial charge is 0.211 e. The summed E-state index contributed by atoms with van der Waals surface area (Å²) in [4.78, 5) is 9.86. The summed E-state index contributed by atoms with van der Waals surface area (Å²) in [6.07, 6.45) is 4.39. The van der Waals surface area contributed by atoms with Gasteiger partial charge in [-0.15, -0.1) is 0 Å². The molecule has 1 saturated heterocycles. The third-order valence-electron chi connectivity index (χ3n) is 4.39. The van der Waals surface area contributed by atoms with Gasteiger partial charge in [0, 0.05) is 37.9 Å². The molecule has 0 atom stereocenters. The van der Waals surface area contributed by atoms with E-state index in [0.29, 0.717) is 18.1 Å². The molecule has 0 bridgehead atoms. The second-order valence-electron chi connectivity index (χ2n) is 6.31. The third-order valence-corrected chi connectivity index (χ3v) is 7.20. The van der Waals surface area contributed by atoms with Crippen LogP contribution in [0, 0.1) is 6.92 Å². The number of halogens is 1. The molecule has 0 aliphatic carbocycles. The highest BCUT2D eigenvalue weighted by Crippen LogP contribution is 2.37. The number of aryl methyl sites for hydroxylation is 1. The molecular weight excluding hydrogens is 394 g/mol. The lowest BCUT2D eigenvalue weighted by Gasteiger charge is -2.31. The monoisotopic (exact) mass is 415 g/mol. The van der Waals surface area contributed by atoms with Gasteiger partial charge in [-0.2, -0.15) is 0 Å². The first kappa shape index (κ1) is 19.3.